The number of carbonyl (C=O) groups excluding carboxylic acids is 1. The van der Waals surface area contributed by atoms with Crippen molar-refractivity contribution in [1.82, 2.24) is 10.6 Å². The Balaban J connectivity index is 1.98. The van der Waals surface area contributed by atoms with Crippen LogP contribution >= 0.6 is 0 Å². The van der Waals surface area contributed by atoms with Gasteiger partial charge in [0.2, 0.25) is 5.91 Å². The summed E-state index contributed by atoms with van der Waals surface area (Å²) in [5.41, 5.74) is 0.313. The van der Waals surface area contributed by atoms with Crippen LogP contribution in [0.25, 0.3) is 0 Å². The maximum atomic E-state index is 11.7. The monoisotopic (exact) mass is 254 g/mol. The largest absolute Gasteiger partial charge is 0.356 e. The molecule has 0 bridgehead atoms. The molecule has 1 atom stereocenters. The Labute approximate surface area is 112 Å². The first-order valence-corrected chi connectivity index (χ1v) is 7.37. The van der Waals surface area contributed by atoms with Crippen LogP contribution < -0.4 is 10.6 Å². The Bertz CT molecular complexity index is 254. The lowest BCUT2D eigenvalue weighted by molar-refractivity contribution is -0.122. The van der Waals surface area contributed by atoms with Gasteiger partial charge in [-0.05, 0) is 43.6 Å². The van der Waals surface area contributed by atoms with Crippen LogP contribution in [0.4, 0.5) is 0 Å². The zero-order valence-corrected chi connectivity index (χ0v) is 12.5. The van der Waals surface area contributed by atoms with Crippen molar-refractivity contribution in [1.29, 1.82) is 0 Å². The van der Waals surface area contributed by atoms with E-state index in [9.17, 15) is 4.79 Å². The van der Waals surface area contributed by atoms with Crippen molar-refractivity contribution >= 4 is 5.91 Å². The van der Waals surface area contributed by atoms with E-state index in [-0.39, 0.29) is 5.91 Å². The molecule has 0 aromatic carbocycles. The number of amides is 1. The van der Waals surface area contributed by atoms with E-state index in [1.165, 1.54) is 12.8 Å². The molecule has 0 aromatic rings. The Morgan fingerprint density at radius 2 is 1.94 bits per heavy atom. The van der Waals surface area contributed by atoms with E-state index in [2.05, 4.69) is 38.3 Å². The van der Waals surface area contributed by atoms with Gasteiger partial charge in [-0.15, -0.1) is 0 Å². The molecule has 3 nitrogen and oxygen atoms in total. The molecule has 0 aromatic heterocycles. The quantitative estimate of drug-likeness (QED) is 0.654. The minimum Gasteiger partial charge on any atom is -0.356 e. The molecule has 18 heavy (non-hydrogen) atoms. The lowest BCUT2D eigenvalue weighted by Gasteiger charge is -2.22. The average Bonchev–Trinajstić information content (AvgIpc) is 2.97. The van der Waals surface area contributed by atoms with E-state index in [0.717, 1.165) is 32.0 Å². The van der Waals surface area contributed by atoms with Crippen LogP contribution in [-0.4, -0.2) is 25.0 Å². The molecule has 1 rings (SSSR count). The third-order valence-electron chi connectivity index (χ3n) is 3.18. The first-order chi connectivity index (χ1) is 8.37. The summed E-state index contributed by atoms with van der Waals surface area (Å²) in [6, 6.07) is 0.771. The van der Waals surface area contributed by atoms with Gasteiger partial charge in [-0.1, -0.05) is 27.7 Å². The van der Waals surface area contributed by atoms with Gasteiger partial charge in [0.05, 0.1) is 0 Å². The third kappa shape index (κ3) is 8.51. The van der Waals surface area contributed by atoms with Crippen LogP contribution in [0.3, 0.4) is 0 Å². The third-order valence-corrected chi connectivity index (χ3v) is 3.18. The lowest BCUT2D eigenvalue weighted by Crippen LogP contribution is -2.29. The summed E-state index contributed by atoms with van der Waals surface area (Å²) >= 11 is 0. The van der Waals surface area contributed by atoms with Gasteiger partial charge >= 0.3 is 0 Å². The van der Waals surface area contributed by atoms with E-state index in [1.807, 2.05) is 0 Å². The Kier molecular flexibility index (Phi) is 6.13. The minimum atomic E-state index is 0.207. The number of hydrogen-bond acceptors (Lipinski definition) is 2. The zero-order chi connectivity index (χ0) is 13.6. The molecule has 0 saturated heterocycles. The van der Waals surface area contributed by atoms with Crippen molar-refractivity contribution in [2.24, 2.45) is 11.3 Å². The topological polar surface area (TPSA) is 41.1 Å². The highest BCUT2D eigenvalue weighted by molar-refractivity contribution is 5.76. The van der Waals surface area contributed by atoms with Crippen LogP contribution in [0.5, 0.6) is 0 Å². The molecule has 1 amide bonds. The molecule has 1 saturated carbocycles. The van der Waals surface area contributed by atoms with Crippen LogP contribution in [0.2, 0.25) is 0 Å². The second-order valence-corrected chi connectivity index (χ2v) is 7.01. The van der Waals surface area contributed by atoms with Gasteiger partial charge in [0.25, 0.3) is 0 Å². The summed E-state index contributed by atoms with van der Waals surface area (Å²) < 4.78 is 0. The second kappa shape index (κ2) is 7.13. The van der Waals surface area contributed by atoms with Crippen LogP contribution in [0, 0.1) is 11.3 Å². The summed E-state index contributed by atoms with van der Waals surface area (Å²) in [4.78, 5) is 11.7. The normalized spacial score (nSPS) is 17.6. The Morgan fingerprint density at radius 1 is 1.28 bits per heavy atom. The Hall–Kier alpha value is -0.570. The van der Waals surface area contributed by atoms with Crippen LogP contribution in [0.15, 0.2) is 0 Å². The highest BCUT2D eigenvalue weighted by Gasteiger charge is 2.19. The molecule has 0 spiro atoms. The van der Waals surface area contributed by atoms with Gasteiger partial charge in [0, 0.05) is 19.0 Å². The number of hydrogen-bond donors (Lipinski definition) is 2. The summed E-state index contributed by atoms with van der Waals surface area (Å²) in [7, 11) is 0. The molecule has 0 radical (unpaired) electrons. The Morgan fingerprint density at radius 3 is 2.50 bits per heavy atom. The second-order valence-electron chi connectivity index (χ2n) is 7.01. The molecule has 1 fully saturated rings. The molecule has 1 unspecified atom stereocenters. The van der Waals surface area contributed by atoms with Crippen molar-refractivity contribution in [3.63, 3.8) is 0 Å². The highest BCUT2D eigenvalue weighted by atomic mass is 16.1. The average molecular weight is 254 g/mol. The summed E-state index contributed by atoms with van der Waals surface area (Å²) in [5, 5.41) is 6.47. The lowest BCUT2D eigenvalue weighted by atomic mass is 9.84. The molecule has 0 aliphatic heterocycles. The SMILES string of the molecule is CC(CC(=O)NCCCNC1CC1)CC(C)(C)C. The maximum absolute atomic E-state index is 11.7. The predicted octanol–water partition coefficient (Wildman–Crippen LogP) is 2.71. The van der Waals surface area contributed by atoms with E-state index in [0.29, 0.717) is 17.8 Å². The molecule has 2 N–H and O–H groups in total. The van der Waals surface area contributed by atoms with Crippen molar-refractivity contribution in [3.05, 3.63) is 0 Å². The van der Waals surface area contributed by atoms with E-state index < -0.39 is 0 Å². The molecule has 0 heterocycles. The smallest absolute Gasteiger partial charge is 0.220 e. The van der Waals surface area contributed by atoms with Gasteiger partial charge in [-0.3, -0.25) is 4.79 Å². The molecular weight excluding hydrogens is 224 g/mol. The standard InChI is InChI=1S/C15H30N2O/c1-12(11-15(2,3)4)10-14(18)17-9-5-8-16-13-6-7-13/h12-13,16H,5-11H2,1-4H3,(H,17,18). The predicted molar refractivity (Wildman–Crippen MR) is 76.5 cm³/mol. The van der Waals surface area contributed by atoms with Crippen molar-refractivity contribution in [3.8, 4) is 0 Å². The van der Waals surface area contributed by atoms with Gasteiger partial charge < -0.3 is 10.6 Å². The van der Waals surface area contributed by atoms with Crippen molar-refractivity contribution in [2.75, 3.05) is 13.1 Å². The molecule has 3 heteroatoms. The van der Waals surface area contributed by atoms with Gasteiger partial charge in [0.15, 0.2) is 0 Å². The zero-order valence-electron chi connectivity index (χ0n) is 12.5. The number of nitrogens with one attached hydrogen (secondary N) is 2. The first kappa shape index (κ1) is 15.5. The fourth-order valence-electron chi connectivity index (χ4n) is 2.42. The van der Waals surface area contributed by atoms with Crippen molar-refractivity contribution < 1.29 is 4.79 Å². The highest BCUT2D eigenvalue weighted by Crippen LogP contribution is 2.25. The van der Waals surface area contributed by atoms with Gasteiger partial charge in [-0.25, -0.2) is 0 Å². The van der Waals surface area contributed by atoms with Crippen LogP contribution in [0.1, 0.15) is 59.8 Å². The van der Waals surface area contributed by atoms with Gasteiger partial charge in [0.1, 0.15) is 0 Å². The van der Waals surface area contributed by atoms with E-state index in [4.69, 9.17) is 0 Å². The van der Waals surface area contributed by atoms with Crippen molar-refractivity contribution in [2.45, 2.75) is 65.8 Å². The van der Waals surface area contributed by atoms with Gasteiger partial charge in [-0.2, -0.15) is 0 Å². The van der Waals surface area contributed by atoms with E-state index >= 15 is 0 Å². The summed E-state index contributed by atoms with van der Waals surface area (Å²) in [6.45, 7) is 10.7. The van der Waals surface area contributed by atoms with E-state index in [1.54, 1.807) is 0 Å². The molecular formula is C15H30N2O. The molecule has 1 aliphatic carbocycles. The fraction of sp³-hybridized carbons (Fsp3) is 0.933. The molecule has 1 aliphatic rings. The minimum absolute atomic E-state index is 0.207. The number of carbonyl (C=O) groups is 1. The number of rotatable bonds is 8. The van der Waals surface area contributed by atoms with Crippen LogP contribution in [-0.2, 0) is 4.79 Å². The maximum Gasteiger partial charge on any atom is 0.220 e. The molecule has 106 valence electrons. The fourth-order valence-corrected chi connectivity index (χ4v) is 2.42. The summed E-state index contributed by atoms with van der Waals surface area (Å²) in [6.07, 6.45) is 5.46. The first-order valence-electron chi connectivity index (χ1n) is 7.37. The summed E-state index contributed by atoms with van der Waals surface area (Å²) in [5.74, 6) is 0.674.